The van der Waals surface area contributed by atoms with Crippen LogP contribution in [0.5, 0.6) is 11.5 Å². The van der Waals surface area contributed by atoms with Crippen LogP contribution < -0.4 is 20.1 Å². The molecule has 128 valence electrons. The van der Waals surface area contributed by atoms with Gasteiger partial charge in [-0.15, -0.1) is 0 Å². The van der Waals surface area contributed by atoms with Gasteiger partial charge in [0, 0.05) is 25.7 Å². The van der Waals surface area contributed by atoms with Crippen molar-refractivity contribution in [2.75, 3.05) is 20.4 Å². The van der Waals surface area contributed by atoms with E-state index in [-0.39, 0.29) is 0 Å². The number of nitrogens with zero attached hydrogens (tertiary/aromatic N) is 1. The fourth-order valence-electron chi connectivity index (χ4n) is 2.68. The molecule has 0 radical (unpaired) electrons. The topological polar surface area (TPSA) is 68.0 Å². The van der Waals surface area contributed by atoms with Crippen LogP contribution in [-0.4, -0.2) is 26.3 Å². The van der Waals surface area contributed by atoms with Gasteiger partial charge in [0.15, 0.2) is 17.5 Å². The van der Waals surface area contributed by atoms with Crippen molar-refractivity contribution < 1.29 is 13.9 Å². The molecule has 0 amide bonds. The van der Waals surface area contributed by atoms with Crippen molar-refractivity contribution in [2.24, 2.45) is 4.99 Å². The second-order valence-electron chi connectivity index (χ2n) is 5.73. The van der Waals surface area contributed by atoms with Gasteiger partial charge >= 0.3 is 0 Å². The average Bonchev–Trinajstić information content (AvgIpc) is 3.16. The summed E-state index contributed by atoms with van der Waals surface area (Å²) in [5, 5.41) is 6.62. The Bertz CT molecular complexity index is 737. The first kappa shape index (κ1) is 16.2. The second-order valence-corrected chi connectivity index (χ2v) is 5.73. The normalized spacial score (nSPS) is 13.2. The van der Waals surface area contributed by atoms with Gasteiger partial charge in [-0.25, -0.2) is 0 Å². The minimum absolute atomic E-state index is 0.306. The van der Waals surface area contributed by atoms with E-state index in [2.05, 4.69) is 21.7 Å². The van der Waals surface area contributed by atoms with E-state index in [9.17, 15) is 0 Å². The van der Waals surface area contributed by atoms with Crippen LogP contribution in [0.4, 0.5) is 0 Å². The van der Waals surface area contributed by atoms with Crippen molar-refractivity contribution in [1.82, 2.24) is 10.6 Å². The van der Waals surface area contributed by atoms with Gasteiger partial charge in [-0.3, -0.25) is 4.99 Å². The highest BCUT2D eigenvalue weighted by Gasteiger charge is 2.13. The molecule has 1 aromatic carbocycles. The van der Waals surface area contributed by atoms with Crippen molar-refractivity contribution in [2.45, 2.75) is 26.8 Å². The van der Waals surface area contributed by atoms with Gasteiger partial charge in [0.1, 0.15) is 11.5 Å². The van der Waals surface area contributed by atoms with Gasteiger partial charge in [0.05, 0.1) is 0 Å². The summed E-state index contributed by atoms with van der Waals surface area (Å²) >= 11 is 0. The summed E-state index contributed by atoms with van der Waals surface area (Å²) in [7, 11) is 1.77. The summed E-state index contributed by atoms with van der Waals surface area (Å²) in [4.78, 5) is 4.25. The molecule has 0 saturated heterocycles. The summed E-state index contributed by atoms with van der Waals surface area (Å²) in [6.45, 7) is 5.70. The molecule has 24 heavy (non-hydrogen) atoms. The zero-order valence-corrected chi connectivity index (χ0v) is 14.3. The van der Waals surface area contributed by atoms with Crippen LogP contribution in [0, 0.1) is 13.8 Å². The van der Waals surface area contributed by atoms with E-state index < -0.39 is 0 Å². The Morgan fingerprint density at radius 2 is 1.96 bits per heavy atom. The van der Waals surface area contributed by atoms with Gasteiger partial charge in [0.25, 0.3) is 0 Å². The standard InChI is InChI=1S/C18H23N3O3/c1-12-8-15(13(2)24-12)10-21-18(19-3)20-7-6-14-4-5-16-17(9-14)23-11-22-16/h4-5,8-9H,6-7,10-11H2,1-3H3,(H2,19,20,21). The maximum Gasteiger partial charge on any atom is 0.231 e. The Morgan fingerprint density at radius 1 is 1.12 bits per heavy atom. The number of ether oxygens (including phenoxy) is 2. The first-order valence-electron chi connectivity index (χ1n) is 8.04. The molecule has 0 spiro atoms. The average molecular weight is 329 g/mol. The third-order valence-corrected chi connectivity index (χ3v) is 3.96. The number of benzene rings is 1. The molecule has 6 nitrogen and oxygen atoms in total. The third kappa shape index (κ3) is 3.82. The lowest BCUT2D eigenvalue weighted by atomic mass is 10.1. The van der Waals surface area contributed by atoms with Gasteiger partial charge in [-0.2, -0.15) is 0 Å². The van der Waals surface area contributed by atoms with Crippen LogP contribution in [0.15, 0.2) is 33.7 Å². The van der Waals surface area contributed by atoms with Crippen LogP contribution in [-0.2, 0) is 13.0 Å². The maximum absolute atomic E-state index is 5.53. The number of aliphatic imine (C=N–C) groups is 1. The molecule has 2 heterocycles. The quantitative estimate of drug-likeness (QED) is 0.652. The molecule has 0 unspecified atom stereocenters. The molecular weight excluding hydrogens is 306 g/mol. The summed E-state index contributed by atoms with van der Waals surface area (Å²) in [6, 6.07) is 8.08. The van der Waals surface area contributed by atoms with Crippen molar-refractivity contribution in [3.8, 4) is 11.5 Å². The first-order valence-corrected chi connectivity index (χ1v) is 8.04. The number of nitrogens with one attached hydrogen (secondary N) is 2. The molecule has 0 saturated carbocycles. The molecule has 0 fully saturated rings. The highest BCUT2D eigenvalue weighted by Crippen LogP contribution is 2.32. The molecule has 2 N–H and O–H groups in total. The van der Waals surface area contributed by atoms with E-state index in [0.717, 1.165) is 47.5 Å². The second kappa shape index (κ2) is 7.29. The molecule has 2 aromatic rings. The molecular formula is C18H23N3O3. The van der Waals surface area contributed by atoms with Crippen molar-refractivity contribution >= 4 is 5.96 Å². The predicted octanol–water partition coefficient (Wildman–Crippen LogP) is 2.53. The lowest BCUT2D eigenvalue weighted by Crippen LogP contribution is -2.37. The minimum Gasteiger partial charge on any atom is -0.466 e. The molecule has 1 aliphatic heterocycles. The van der Waals surface area contributed by atoms with E-state index in [1.807, 2.05) is 32.0 Å². The summed E-state index contributed by atoms with van der Waals surface area (Å²) in [5.74, 6) is 4.27. The fraction of sp³-hybridized carbons (Fsp3) is 0.389. The van der Waals surface area contributed by atoms with Crippen LogP contribution in [0.25, 0.3) is 0 Å². The van der Waals surface area contributed by atoms with Gasteiger partial charge in [0.2, 0.25) is 6.79 Å². The molecule has 1 aromatic heterocycles. The van der Waals surface area contributed by atoms with Crippen molar-refractivity contribution in [3.63, 3.8) is 0 Å². The number of fused-ring (bicyclic) bond motifs is 1. The Hall–Kier alpha value is -2.63. The van der Waals surface area contributed by atoms with E-state index in [0.29, 0.717) is 13.3 Å². The zero-order chi connectivity index (χ0) is 16.9. The molecule has 0 atom stereocenters. The van der Waals surface area contributed by atoms with E-state index in [4.69, 9.17) is 13.9 Å². The Labute approximate surface area is 141 Å². The Morgan fingerprint density at radius 3 is 2.71 bits per heavy atom. The molecule has 3 rings (SSSR count). The van der Waals surface area contributed by atoms with Gasteiger partial charge < -0.3 is 24.5 Å². The molecule has 0 bridgehead atoms. The highest BCUT2D eigenvalue weighted by molar-refractivity contribution is 5.79. The van der Waals surface area contributed by atoms with E-state index in [1.54, 1.807) is 7.05 Å². The number of hydrogen-bond donors (Lipinski definition) is 2. The maximum atomic E-state index is 5.53. The summed E-state index contributed by atoms with van der Waals surface area (Å²) in [6.07, 6.45) is 0.876. The van der Waals surface area contributed by atoms with Crippen LogP contribution >= 0.6 is 0 Å². The highest BCUT2D eigenvalue weighted by atomic mass is 16.7. The van der Waals surface area contributed by atoms with E-state index in [1.165, 1.54) is 5.56 Å². The molecule has 1 aliphatic rings. The smallest absolute Gasteiger partial charge is 0.231 e. The number of guanidine groups is 1. The summed E-state index contributed by atoms with van der Waals surface area (Å²) in [5.41, 5.74) is 2.34. The number of rotatable bonds is 5. The van der Waals surface area contributed by atoms with Crippen LogP contribution in [0.1, 0.15) is 22.6 Å². The molecule has 0 aliphatic carbocycles. The monoisotopic (exact) mass is 329 g/mol. The van der Waals surface area contributed by atoms with Crippen molar-refractivity contribution in [3.05, 3.63) is 46.9 Å². The molecule has 6 heteroatoms. The van der Waals surface area contributed by atoms with Crippen molar-refractivity contribution in [1.29, 1.82) is 0 Å². The lowest BCUT2D eigenvalue weighted by Gasteiger charge is -2.11. The fourth-order valence-corrected chi connectivity index (χ4v) is 2.68. The number of furan rings is 1. The van der Waals surface area contributed by atoms with Gasteiger partial charge in [-0.05, 0) is 44.0 Å². The third-order valence-electron chi connectivity index (χ3n) is 3.96. The minimum atomic E-state index is 0.306. The van der Waals surface area contributed by atoms with Crippen LogP contribution in [0.2, 0.25) is 0 Å². The van der Waals surface area contributed by atoms with E-state index >= 15 is 0 Å². The number of hydrogen-bond acceptors (Lipinski definition) is 4. The zero-order valence-electron chi connectivity index (χ0n) is 14.3. The predicted molar refractivity (Wildman–Crippen MR) is 92.7 cm³/mol. The van der Waals surface area contributed by atoms with Crippen LogP contribution in [0.3, 0.4) is 0 Å². The lowest BCUT2D eigenvalue weighted by molar-refractivity contribution is 0.174. The first-order chi connectivity index (χ1) is 11.7. The Balaban J connectivity index is 1.47. The largest absolute Gasteiger partial charge is 0.466 e. The number of aryl methyl sites for hydroxylation is 2. The summed E-state index contributed by atoms with van der Waals surface area (Å²) < 4.78 is 16.3. The van der Waals surface area contributed by atoms with Gasteiger partial charge in [-0.1, -0.05) is 6.07 Å². The SMILES string of the molecule is CN=C(NCCc1ccc2c(c1)OCO2)NCc1cc(C)oc1C. The Kier molecular flexibility index (Phi) is 4.93.